The van der Waals surface area contributed by atoms with Crippen LogP contribution < -0.4 is 10.7 Å². The van der Waals surface area contributed by atoms with Crippen LogP contribution in [0.4, 0.5) is 11.4 Å². The fourth-order valence-electron chi connectivity index (χ4n) is 1.97. The largest absolute Gasteiger partial charge is 0.326 e. The van der Waals surface area contributed by atoms with Crippen LogP contribution in [0.3, 0.4) is 0 Å². The number of halogens is 1. The number of nitro benzene ring substituents is 1. The molecule has 0 aliphatic heterocycles. The molecule has 2 rings (SSSR count). The third-order valence-corrected chi connectivity index (χ3v) is 3.41. The van der Waals surface area contributed by atoms with Crippen LogP contribution in [0.25, 0.3) is 0 Å². The van der Waals surface area contributed by atoms with Gasteiger partial charge in [-0.15, -0.1) is 0 Å². The second-order valence-corrected chi connectivity index (χ2v) is 5.64. The maximum Gasteiger partial charge on any atom is 0.270 e. The number of carbonyl (C=O) groups is 2. The zero-order chi connectivity index (χ0) is 18.9. The van der Waals surface area contributed by atoms with Crippen LogP contribution in [0.1, 0.15) is 18.4 Å². The van der Waals surface area contributed by atoms with E-state index in [-0.39, 0.29) is 24.4 Å². The molecule has 8 nitrogen and oxygen atoms in total. The zero-order valence-electron chi connectivity index (χ0n) is 13.5. The molecule has 0 aliphatic carbocycles. The van der Waals surface area contributed by atoms with Gasteiger partial charge < -0.3 is 5.32 Å². The smallest absolute Gasteiger partial charge is 0.270 e. The number of rotatable bonds is 7. The molecule has 0 bridgehead atoms. The van der Waals surface area contributed by atoms with Crippen LogP contribution in [-0.4, -0.2) is 23.0 Å². The van der Waals surface area contributed by atoms with Crippen molar-refractivity contribution in [2.75, 3.05) is 5.32 Å². The number of hydrogen-bond acceptors (Lipinski definition) is 5. The molecule has 2 N–H and O–H groups in total. The summed E-state index contributed by atoms with van der Waals surface area (Å²) in [4.78, 5) is 33.6. The van der Waals surface area contributed by atoms with Crippen molar-refractivity contribution < 1.29 is 14.5 Å². The molecule has 2 aromatic carbocycles. The van der Waals surface area contributed by atoms with E-state index < -0.39 is 10.8 Å². The van der Waals surface area contributed by atoms with Gasteiger partial charge in [0, 0.05) is 41.2 Å². The first-order valence-corrected chi connectivity index (χ1v) is 7.93. The molecule has 0 heterocycles. The molecular formula is C17H15ClN4O4. The molecule has 0 aromatic heterocycles. The Morgan fingerprint density at radius 3 is 2.58 bits per heavy atom. The second kappa shape index (κ2) is 9.28. The van der Waals surface area contributed by atoms with Crippen molar-refractivity contribution in [1.29, 1.82) is 0 Å². The lowest BCUT2D eigenvalue weighted by atomic mass is 10.2. The minimum atomic E-state index is -0.519. The Morgan fingerprint density at radius 1 is 1.12 bits per heavy atom. The van der Waals surface area contributed by atoms with E-state index in [1.54, 1.807) is 30.3 Å². The van der Waals surface area contributed by atoms with E-state index in [9.17, 15) is 19.7 Å². The number of non-ortho nitro benzene ring substituents is 1. The van der Waals surface area contributed by atoms with Gasteiger partial charge in [0.2, 0.25) is 11.8 Å². The van der Waals surface area contributed by atoms with Gasteiger partial charge in [0.1, 0.15) is 0 Å². The van der Waals surface area contributed by atoms with E-state index in [2.05, 4.69) is 15.8 Å². The highest BCUT2D eigenvalue weighted by atomic mass is 35.5. The number of anilines is 1. The predicted octanol–water partition coefficient (Wildman–Crippen LogP) is 3.12. The van der Waals surface area contributed by atoms with E-state index in [1.807, 2.05) is 0 Å². The number of hydrazone groups is 1. The third-order valence-electron chi connectivity index (χ3n) is 3.17. The van der Waals surface area contributed by atoms with Crippen molar-refractivity contribution in [3.05, 3.63) is 69.2 Å². The van der Waals surface area contributed by atoms with Crippen molar-refractivity contribution >= 4 is 41.0 Å². The Kier molecular flexibility index (Phi) is 6.81. The van der Waals surface area contributed by atoms with Crippen molar-refractivity contribution in [2.24, 2.45) is 5.10 Å². The van der Waals surface area contributed by atoms with Gasteiger partial charge in [-0.3, -0.25) is 19.7 Å². The molecule has 0 saturated carbocycles. The molecule has 0 radical (unpaired) electrons. The molecule has 2 aromatic rings. The minimum absolute atomic E-state index is 0.0231. The first-order valence-electron chi connectivity index (χ1n) is 7.56. The fraction of sp³-hybridized carbons (Fsp3) is 0.118. The van der Waals surface area contributed by atoms with E-state index in [0.717, 1.165) is 0 Å². The summed E-state index contributed by atoms with van der Waals surface area (Å²) < 4.78 is 0. The highest BCUT2D eigenvalue weighted by Crippen LogP contribution is 2.15. The van der Waals surface area contributed by atoms with E-state index in [0.29, 0.717) is 16.3 Å². The number of nitrogens with zero attached hydrogens (tertiary/aromatic N) is 2. The molecule has 0 aliphatic rings. The monoisotopic (exact) mass is 374 g/mol. The summed E-state index contributed by atoms with van der Waals surface area (Å²) in [5.74, 6) is -0.780. The van der Waals surface area contributed by atoms with Crippen LogP contribution >= 0.6 is 11.6 Å². The van der Waals surface area contributed by atoms with Gasteiger partial charge in [0.25, 0.3) is 5.69 Å². The van der Waals surface area contributed by atoms with Crippen molar-refractivity contribution in [1.82, 2.24) is 5.43 Å². The maximum absolute atomic E-state index is 11.8. The number of nitrogens with one attached hydrogen (secondary N) is 2. The number of carbonyl (C=O) groups excluding carboxylic acids is 2. The minimum Gasteiger partial charge on any atom is -0.326 e. The summed E-state index contributed by atoms with van der Waals surface area (Å²) in [5.41, 5.74) is 3.21. The van der Waals surface area contributed by atoms with Gasteiger partial charge in [-0.2, -0.15) is 5.10 Å². The van der Waals surface area contributed by atoms with Crippen LogP contribution in [0.5, 0.6) is 0 Å². The van der Waals surface area contributed by atoms with Gasteiger partial charge >= 0.3 is 0 Å². The molecule has 0 unspecified atom stereocenters. The number of nitro groups is 1. The van der Waals surface area contributed by atoms with Gasteiger partial charge in [-0.1, -0.05) is 29.8 Å². The first kappa shape index (κ1) is 19.1. The summed E-state index contributed by atoms with van der Waals surface area (Å²) in [6.45, 7) is 0. The Bertz CT molecular complexity index is 854. The number of hydrogen-bond donors (Lipinski definition) is 2. The van der Waals surface area contributed by atoms with Crippen LogP contribution in [-0.2, 0) is 9.59 Å². The summed E-state index contributed by atoms with van der Waals surface area (Å²) in [6, 6.07) is 12.5. The van der Waals surface area contributed by atoms with Crippen LogP contribution in [0, 0.1) is 10.1 Å². The normalized spacial score (nSPS) is 10.5. The van der Waals surface area contributed by atoms with Crippen molar-refractivity contribution in [3.63, 3.8) is 0 Å². The molecule has 0 spiro atoms. The van der Waals surface area contributed by atoms with Crippen molar-refractivity contribution in [3.8, 4) is 0 Å². The Hall–Kier alpha value is -3.26. The van der Waals surface area contributed by atoms with Gasteiger partial charge in [0.15, 0.2) is 0 Å². The second-order valence-electron chi connectivity index (χ2n) is 5.20. The summed E-state index contributed by atoms with van der Waals surface area (Å²) in [7, 11) is 0. The summed E-state index contributed by atoms with van der Waals surface area (Å²) in [6.07, 6.45) is 1.21. The van der Waals surface area contributed by atoms with Crippen LogP contribution in [0.15, 0.2) is 53.6 Å². The standard InChI is InChI=1S/C17H15ClN4O4/c18-13-4-2-5-14(10-13)20-16(23)7-8-17(24)21-19-11-12-3-1-6-15(9-12)22(25)26/h1-6,9-11H,7-8H2,(H,20,23)(H,21,24). The quantitative estimate of drug-likeness (QED) is 0.440. The maximum atomic E-state index is 11.8. The average Bonchev–Trinajstić information content (AvgIpc) is 2.60. The molecule has 0 saturated heterocycles. The SMILES string of the molecule is O=C(CCC(=O)Nc1cccc(Cl)c1)NN=Cc1cccc([N+](=O)[O-])c1. The first-order chi connectivity index (χ1) is 12.4. The highest BCUT2D eigenvalue weighted by molar-refractivity contribution is 6.30. The van der Waals surface area contributed by atoms with Crippen LogP contribution in [0.2, 0.25) is 5.02 Å². The van der Waals surface area contributed by atoms with Gasteiger partial charge in [-0.05, 0) is 18.2 Å². The number of amides is 2. The Labute approximate surface area is 154 Å². The highest BCUT2D eigenvalue weighted by Gasteiger charge is 2.07. The van der Waals surface area contributed by atoms with E-state index in [1.165, 1.54) is 24.4 Å². The Balaban J connectivity index is 1.77. The molecule has 134 valence electrons. The fourth-order valence-corrected chi connectivity index (χ4v) is 2.16. The molecule has 2 amide bonds. The van der Waals surface area contributed by atoms with E-state index >= 15 is 0 Å². The molecule has 9 heteroatoms. The lowest BCUT2D eigenvalue weighted by molar-refractivity contribution is -0.384. The molecule has 0 atom stereocenters. The predicted molar refractivity (Wildman–Crippen MR) is 98.1 cm³/mol. The van der Waals surface area contributed by atoms with Gasteiger partial charge in [-0.25, -0.2) is 5.43 Å². The molecule has 0 fully saturated rings. The molecule has 26 heavy (non-hydrogen) atoms. The third kappa shape index (κ3) is 6.33. The lowest BCUT2D eigenvalue weighted by Crippen LogP contribution is -2.20. The summed E-state index contributed by atoms with van der Waals surface area (Å²) >= 11 is 5.82. The summed E-state index contributed by atoms with van der Waals surface area (Å²) in [5, 5.41) is 17.5. The van der Waals surface area contributed by atoms with Crippen molar-refractivity contribution in [2.45, 2.75) is 12.8 Å². The average molecular weight is 375 g/mol. The zero-order valence-corrected chi connectivity index (χ0v) is 14.3. The molecular weight excluding hydrogens is 360 g/mol. The lowest BCUT2D eigenvalue weighted by Gasteiger charge is -2.05. The van der Waals surface area contributed by atoms with Gasteiger partial charge in [0.05, 0.1) is 11.1 Å². The van der Waals surface area contributed by atoms with E-state index in [4.69, 9.17) is 11.6 Å². The number of benzene rings is 2. The Morgan fingerprint density at radius 2 is 1.85 bits per heavy atom. The topological polar surface area (TPSA) is 114 Å².